The maximum Gasteiger partial charge on any atom is 0.192 e. The van der Waals surface area contributed by atoms with Gasteiger partial charge in [-0.3, -0.25) is 4.57 Å². The van der Waals surface area contributed by atoms with E-state index in [9.17, 15) is 0 Å². The van der Waals surface area contributed by atoms with E-state index in [2.05, 4.69) is 26.4 Å². The molecular formula is C13H12ClN5OS2. The molecule has 0 fully saturated rings. The van der Waals surface area contributed by atoms with Crippen LogP contribution in [0.5, 0.6) is 0 Å². The number of halogens is 1. The van der Waals surface area contributed by atoms with Crippen LogP contribution in [0, 0.1) is 6.92 Å². The van der Waals surface area contributed by atoms with Crippen LogP contribution in [0.15, 0.2) is 34.6 Å². The number of hydrogen-bond donors (Lipinski definition) is 0. The minimum atomic E-state index is 0.592. The van der Waals surface area contributed by atoms with Crippen LogP contribution >= 0.6 is 34.9 Å². The van der Waals surface area contributed by atoms with E-state index in [1.54, 1.807) is 6.26 Å². The molecule has 0 N–H and O–H groups in total. The summed E-state index contributed by atoms with van der Waals surface area (Å²) in [6.07, 6.45) is 3.45. The second-order valence-corrected chi connectivity index (χ2v) is 6.68. The molecular weight excluding hydrogens is 342 g/mol. The van der Waals surface area contributed by atoms with E-state index >= 15 is 0 Å². The summed E-state index contributed by atoms with van der Waals surface area (Å²) in [7, 11) is 0. The Morgan fingerprint density at radius 1 is 1.45 bits per heavy atom. The van der Waals surface area contributed by atoms with Gasteiger partial charge in [0.2, 0.25) is 0 Å². The molecule has 0 unspecified atom stereocenters. The molecule has 114 valence electrons. The molecule has 6 nitrogen and oxygen atoms in total. The van der Waals surface area contributed by atoms with E-state index in [-0.39, 0.29) is 0 Å². The molecule has 0 aromatic carbocycles. The summed E-state index contributed by atoms with van der Waals surface area (Å²) in [5, 5.41) is 13.3. The Morgan fingerprint density at radius 2 is 2.32 bits per heavy atom. The first-order valence-electron chi connectivity index (χ1n) is 6.38. The number of allylic oxidation sites excluding steroid dienone is 1. The number of rotatable bonds is 6. The third kappa shape index (κ3) is 2.94. The van der Waals surface area contributed by atoms with Crippen molar-refractivity contribution in [3.63, 3.8) is 0 Å². The number of aromatic nitrogens is 5. The summed E-state index contributed by atoms with van der Waals surface area (Å²) >= 11 is 8.72. The van der Waals surface area contributed by atoms with E-state index in [1.165, 1.54) is 23.3 Å². The summed E-state index contributed by atoms with van der Waals surface area (Å²) < 4.78 is 11.8. The fourth-order valence-electron chi connectivity index (χ4n) is 1.92. The minimum absolute atomic E-state index is 0.592. The lowest BCUT2D eigenvalue weighted by Crippen LogP contribution is -2.01. The number of nitrogens with zero attached hydrogens (tertiary/aromatic N) is 5. The molecule has 0 atom stereocenters. The molecule has 3 heterocycles. The van der Waals surface area contributed by atoms with E-state index in [0.717, 1.165) is 28.0 Å². The highest BCUT2D eigenvalue weighted by molar-refractivity contribution is 7.98. The van der Waals surface area contributed by atoms with Crippen molar-refractivity contribution in [2.75, 3.05) is 0 Å². The second-order valence-electron chi connectivity index (χ2n) is 4.38. The summed E-state index contributed by atoms with van der Waals surface area (Å²) in [5.41, 5.74) is 1.68. The zero-order valence-corrected chi connectivity index (χ0v) is 14.1. The highest BCUT2D eigenvalue weighted by Gasteiger charge is 2.17. The molecule has 0 bridgehead atoms. The van der Waals surface area contributed by atoms with Gasteiger partial charge in [-0.25, -0.2) is 0 Å². The lowest BCUT2D eigenvalue weighted by atomic mass is 10.2. The Morgan fingerprint density at radius 3 is 2.95 bits per heavy atom. The predicted molar refractivity (Wildman–Crippen MR) is 87.1 cm³/mol. The summed E-state index contributed by atoms with van der Waals surface area (Å²) in [6.45, 7) is 6.30. The molecule has 0 saturated heterocycles. The van der Waals surface area contributed by atoms with Gasteiger partial charge in [-0.15, -0.1) is 21.9 Å². The van der Waals surface area contributed by atoms with Gasteiger partial charge in [-0.2, -0.15) is 0 Å². The largest absolute Gasteiger partial charge is 0.469 e. The second kappa shape index (κ2) is 6.64. The van der Waals surface area contributed by atoms with Gasteiger partial charge in [0.25, 0.3) is 0 Å². The quantitative estimate of drug-likeness (QED) is 0.495. The fourth-order valence-corrected chi connectivity index (χ4v) is 3.60. The summed E-state index contributed by atoms with van der Waals surface area (Å²) in [4.78, 5) is 0. The van der Waals surface area contributed by atoms with Crippen molar-refractivity contribution in [3.8, 4) is 11.4 Å². The van der Waals surface area contributed by atoms with E-state index in [0.29, 0.717) is 16.6 Å². The van der Waals surface area contributed by atoms with Crippen LogP contribution in [0.3, 0.4) is 0 Å². The Bertz CT molecular complexity index is 794. The lowest BCUT2D eigenvalue weighted by molar-refractivity contribution is 0.534. The van der Waals surface area contributed by atoms with Crippen LogP contribution in [-0.2, 0) is 12.3 Å². The van der Waals surface area contributed by atoms with Gasteiger partial charge in [-0.05, 0) is 13.0 Å². The van der Waals surface area contributed by atoms with Gasteiger partial charge in [-0.1, -0.05) is 33.9 Å². The van der Waals surface area contributed by atoms with Crippen LogP contribution in [0.2, 0.25) is 4.34 Å². The van der Waals surface area contributed by atoms with Crippen LogP contribution < -0.4 is 0 Å². The average molecular weight is 354 g/mol. The first-order valence-corrected chi connectivity index (χ1v) is 8.52. The Balaban J connectivity index is 1.88. The van der Waals surface area contributed by atoms with Crippen LogP contribution in [0.4, 0.5) is 0 Å². The van der Waals surface area contributed by atoms with Crippen molar-refractivity contribution in [2.45, 2.75) is 24.4 Å². The minimum Gasteiger partial charge on any atom is -0.469 e. The SMILES string of the molecule is C=CCn1c(SCc2nnsc2Cl)nnc1-c1ccoc1C. The molecule has 0 radical (unpaired) electrons. The van der Waals surface area contributed by atoms with E-state index in [1.807, 2.05) is 23.6 Å². The van der Waals surface area contributed by atoms with Crippen LogP contribution in [0.25, 0.3) is 11.4 Å². The first kappa shape index (κ1) is 15.3. The molecule has 0 aliphatic heterocycles. The van der Waals surface area contributed by atoms with Crippen molar-refractivity contribution < 1.29 is 4.42 Å². The van der Waals surface area contributed by atoms with E-state index < -0.39 is 0 Å². The van der Waals surface area contributed by atoms with Gasteiger partial charge in [0, 0.05) is 23.8 Å². The van der Waals surface area contributed by atoms with Crippen molar-refractivity contribution >= 4 is 34.9 Å². The molecule has 3 rings (SSSR count). The molecule has 22 heavy (non-hydrogen) atoms. The number of hydrogen-bond acceptors (Lipinski definition) is 7. The average Bonchev–Trinajstić information content (AvgIpc) is 3.19. The number of aryl methyl sites for hydroxylation is 1. The van der Waals surface area contributed by atoms with Crippen molar-refractivity contribution in [3.05, 3.63) is 40.8 Å². The van der Waals surface area contributed by atoms with Gasteiger partial charge in [0.05, 0.1) is 11.8 Å². The van der Waals surface area contributed by atoms with Gasteiger partial charge < -0.3 is 4.42 Å². The molecule has 0 aliphatic carbocycles. The Kier molecular flexibility index (Phi) is 4.60. The predicted octanol–water partition coefficient (Wildman–Crippen LogP) is 3.83. The van der Waals surface area contributed by atoms with Gasteiger partial charge in [0.15, 0.2) is 11.0 Å². The molecule has 0 saturated carbocycles. The highest BCUT2D eigenvalue weighted by atomic mass is 35.5. The molecule has 0 aliphatic rings. The summed E-state index contributed by atoms with van der Waals surface area (Å²) in [6, 6.07) is 1.88. The van der Waals surface area contributed by atoms with Crippen LogP contribution in [-0.4, -0.2) is 24.4 Å². The van der Waals surface area contributed by atoms with Gasteiger partial charge in [0.1, 0.15) is 15.8 Å². The highest BCUT2D eigenvalue weighted by Crippen LogP contribution is 2.30. The molecule has 0 amide bonds. The third-order valence-electron chi connectivity index (χ3n) is 2.98. The Labute approximate surface area is 140 Å². The molecule has 3 aromatic rings. The monoisotopic (exact) mass is 353 g/mol. The third-order valence-corrected chi connectivity index (χ3v) is 4.94. The molecule has 9 heteroatoms. The maximum atomic E-state index is 6.02. The maximum absolute atomic E-state index is 6.02. The smallest absolute Gasteiger partial charge is 0.192 e. The standard InChI is InChI=1S/C13H12ClN5OS2/c1-3-5-19-12(9-4-6-20-8(9)2)16-17-13(19)21-7-10-11(14)22-18-15-10/h3-4,6H,1,5,7H2,2H3. The molecule has 3 aromatic heterocycles. The van der Waals surface area contributed by atoms with Gasteiger partial charge >= 0.3 is 0 Å². The number of furan rings is 1. The Hall–Kier alpha value is -1.64. The molecule has 0 spiro atoms. The van der Waals surface area contributed by atoms with Crippen molar-refractivity contribution in [2.24, 2.45) is 0 Å². The number of thioether (sulfide) groups is 1. The summed E-state index contributed by atoms with van der Waals surface area (Å²) in [5.74, 6) is 2.16. The first-order chi connectivity index (χ1) is 10.7. The van der Waals surface area contributed by atoms with Crippen molar-refractivity contribution in [1.29, 1.82) is 0 Å². The van der Waals surface area contributed by atoms with Crippen LogP contribution in [0.1, 0.15) is 11.5 Å². The van der Waals surface area contributed by atoms with E-state index in [4.69, 9.17) is 16.0 Å². The zero-order valence-electron chi connectivity index (χ0n) is 11.7. The lowest BCUT2D eigenvalue weighted by Gasteiger charge is -2.06. The zero-order chi connectivity index (χ0) is 15.5. The van der Waals surface area contributed by atoms with Crippen molar-refractivity contribution in [1.82, 2.24) is 24.4 Å². The fraction of sp³-hybridized carbons (Fsp3) is 0.231. The normalized spacial score (nSPS) is 11.0. The topological polar surface area (TPSA) is 69.6 Å².